The zero-order chi connectivity index (χ0) is 21.1. The molecule has 1 aromatic carbocycles. The molecule has 0 atom stereocenters. The molecule has 29 heavy (non-hydrogen) atoms. The van der Waals surface area contributed by atoms with Crippen LogP contribution in [0.5, 0.6) is 0 Å². The lowest BCUT2D eigenvalue weighted by atomic mass is 9.95. The van der Waals surface area contributed by atoms with Gasteiger partial charge in [0.05, 0.1) is 23.2 Å². The number of methoxy groups -OCH3 is 1. The van der Waals surface area contributed by atoms with E-state index in [4.69, 9.17) is 32.4 Å². The van der Waals surface area contributed by atoms with Crippen LogP contribution in [0.2, 0.25) is 10.0 Å². The average molecular weight is 431 g/mol. The van der Waals surface area contributed by atoms with Gasteiger partial charge < -0.3 is 9.15 Å². The minimum absolute atomic E-state index is 0.0471. The molecule has 0 fully saturated rings. The van der Waals surface area contributed by atoms with Gasteiger partial charge in [-0.15, -0.1) is 0 Å². The number of imide groups is 1. The molecule has 0 radical (unpaired) electrons. The summed E-state index contributed by atoms with van der Waals surface area (Å²) in [6.45, 7) is 1.78. The van der Waals surface area contributed by atoms with Gasteiger partial charge in [0.25, 0.3) is 11.8 Å². The molecule has 2 aromatic rings. The van der Waals surface area contributed by atoms with Crippen molar-refractivity contribution in [2.24, 2.45) is 0 Å². The Morgan fingerprint density at radius 1 is 1.21 bits per heavy atom. The Hall–Kier alpha value is -2.85. The Morgan fingerprint density at radius 2 is 1.97 bits per heavy atom. The van der Waals surface area contributed by atoms with Crippen LogP contribution >= 0.6 is 23.2 Å². The average Bonchev–Trinajstić information content (AvgIpc) is 3.16. The molecule has 0 bridgehead atoms. The van der Waals surface area contributed by atoms with Gasteiger partial charge >= 0.3 is 0 Å². The number of benzene rings is 1. The number of amides is 2. The normalized spacial score (nSPS) is 16.0. The molecule has 1 aromatic heterocycles. The van der Waals surface area contributed by atoms with Crippen LogP contribution in [0.25, 0.3) is 17.4 Å². The van der Waals surface area contributed by atoms with E-state index in [1.807, 2.05) is 6.07 Å². The summed E-state index contributed by atoms with van der Waals surface area (Å²) in [5, 5.41) is 10.1. The molecule has 1 aliphatic heterocycles. The number of rotatable bonds is 5. The zero-order valence-electron chi connectivity index (χ0n) is 15.7. The number of furan rings is 1. The van der Waals surface area contributed by atoms with Gasteiger partial charge in [-0.25, -0.2) is 0 Å². The number of nitriles is 1. The van der Waals surface area contributed by atoms with Crippen LogP contribution in [0.15, 0.2) is 51.5 Å². The molecule has 2 amide bonds. The minimum Gasteiger partial charge on any atom is -0.457 e. The van der Waals surface area contributed by atoms with Crippen molar-refractivity contribution >= 4 is 41.1 Å². The number of hydrogen-bond acceptors (Lipinski definition) is 5. The topological polar surface area (TPSA) is 83.5 Å². The van der Waals surface area contributed by atoms with Crippen LogP contribution in [0.1, 0.15) is 12.7 Å². The highest BCUT2D eigenvalue weighted by Crippen LogP contribution is 2.35. The highest BCUT2D eigenvalue weighted by molar-refractivity contribution is 6.43. The van der Waals surface area contributed by atoms with Gasteiger partial charge in [0.15, 0.2) is 0 Å². The fraction of sp³-hybridized carbons (Fsp3) is 0.190. The fourth-order valence-corrected chi connectivity index (χ4v) is 3.32. The second-order valence-corrected chi connectivity index (χ2v) is 7.01. The maximum atomic E-state index is 12.9. The van der Waals surface area contributed by atoms with E-state index in [9.17, 15) is 14.9 Å². The van der Waals surface area contributed by atoms with Gasteiger partial charge in [-0.05, 0) is 42.8 Å². The van der Waals surface area contributed by atoms with E-state index in [-0.39, 0.29) is 24.3 Å². The first-order valence-corrected chi connectivity index (χ1v) is 9.37. The van der Waals surface area contributed by atoms with Gasteiger partial charge in [0.1, 0.15) is 23.2 Å². The third-order valence-corrected chi connectivity index (χ3v) is 5.29. The predicted molar refractivity (Wildman–Crippen MR) is 109 cm³/mol. The lowest BCUT2D eigenvalue weighted by molar-refractivity contribution is -0.141. The second kappa shape index (κ2) is 8.66. The van der Waals surface area contributed by atoms with E-state index >= 15 is 0 Å². The Labute approximate surface area is 177 Å². The van der Waals surface area contributed by atoms with Crippen molar-refractivity contribution < 1.29 is 18.7 Å². The summed E-state index contributed by atoms with van der Waals surface area (Å²) in [5.74, 6) is -0.295. The van der Waals surface area contributed by atoms with E-state index in [0.29, 0.717) is 32.7 Å². The Kier molecular flexibility index (Phi) is 6.23. The molecule has 0 unspecified atom stereocenters. The summed E-state index contributed by atoms with van der Waals surface area (Å²) in [4.78, 5) is 26.3. The van der Waals surface area contributed by atoms with Crippen molar-refractivity contribution in [2.45, 2.75) is 6.92 Å². The maximum Gasteiger partial charge on any atom is 0.271 e. The van der Waals surface area contributed by atoms with Crippen molar-refractivity contribution in [1.29, 1.82) is 5.26 Å². The third-order valence-electron chi connectivity index (χ3n) is 4.47. The lowest BCUT2D eigenvalue weighted by Crippen LogP contribution is -2.44. The standard InChI is InChI=1S/C21H16Cl2N2O4/c1-12-15(20(26)25(8-9-28-2)21(27)16(12)11-24)10-13-6-7-18(29-13)14-4-3-5-17(22)19(14)23/h3-7,10H,8-9H2,1-2H3/b15-10+. The number of halogens is 2. The maximum absolute atomic E-state index is 12.9. The number of carbonyl (C=O) groups excluding carboxylic acids is 2. The van der Waals surface area contributed by atoms with Gasteiger partial charge in [-0.3, -0.25) is 14.5 Å². The summed E-state index contributed by atoms with van der Waals surface area (Å²) < 4.78 is 10.8. The molecule has 6 nitrogen and oxygen atoms in total. The smallest absolute Gasteiger partial charge is 0.271 e. The number of hydrogen-bond donors (Lipinski definition) is 0. The van der Waals surface area contributed by atoms with Crippen molar-refractivity contribution in [3.63, 3.8) is 0 Å². The Balaban J connectivity index is 2.03. The van der Waals surface area contributed by atoms with E-state index < -0.39 is 11.8 Å². The monoisotopic (exact) mass is 430 g/mol. The van der Waals surface area contributed by atoms with Gasteiger partial charge in [-0.2, -0.15) is 5.26 Å². The molecular weight excluding hydrogens is 415 g/mol. The van der Waals surface area contributed by atoms with E-state index in [2.05, 4.69) is 0 Å². The molecule has 0 saturated heterocycles. The first-order chi connectivity index (χ1) is 13.9. The van der Waals surface area contributed by atoms with E-state index in [1.54, 1.807) is 37.3 Å². The van der Waals surface area contributed by atoms with Crippen molar-refractivity contribution in [1.82, 2.24) is 4.90 Å². The largest absolute Gasteiger partial charge is 0.457 e. The number of carbonyl (C=O) groups is 2. The Morgan fingerprint density at radius 3 is 2.66 bits per heavy atom. The minimum atomic E-state index is -0.630. The van der Waals surface area contributed by atoms with Crippen LogP contribution < -0.4 is 0 Å². The summed E-state index contributed by atoms with van der Waals surface area (Å²) in [6.07, 6.45) is 1.50. The van der Waals surface area contributed by atoms with Crippen molar-refractivity contribution in [2.75, 3.05) is 20.3 Å². The predicted octanol–water partition coefficient (Wildman–Crippen LogP) is 4.49. The van der Waals surface area contributed by atoms with Crippen LogP contribution in [-0.2, 0) is 14.3 Å². The van der Waals surface area contributed by atoms with Crippen LogP contribution in [0, 0.1) is 11.3 Å². The first-order valence-electron chi connectivity index (χ1n) is 8.61. The molecule has 0 spiro atoms. The van der Waals surface area contributed by atoms with Crippen LogP contribution in [0.3, 0.4) is 0 Å². The highest BCUT2D eigenvalue weighted by Gasteiger charge is 2.35. The van der Waals surface area contributed by atoms with Crippen LogP contribution in [-0.4, -0.2) is 37.0 Å². The van der Waals surface area contributed by atoms with Crippen molar-refractivity contribution in [3.8, 4) is 17.4 Å². The number of nitrogens with zero attached hydrogens (tertiary/aromatic N) is 2. The van der Waals surface area contributed by atoms with Gasteiger partial charge in [0.2, 0.25) is 0 Å². The molecular formula is C21H16Cl2N2O4. The third kappa shape index (κ3) is 3.99. The van der Waals surface area contributed by atoms with Crippen molar-refractivity contribution in [3.05, 3.63) is 62.9 Å². The Bertz CT molecular complexity index is 1090. The molecule has 0 saturated carbocycles. The van der Waals surface area contributed by atoms with Crippen LogP contribution in [0.4, 0.5) is 0 Å². The SMILES string of the molecule is COCCN1C(=O)C(C#N)=C(C)/C(=C\c2ccc(-c3cccc(Cl)c3Cl)o2)C1=O. The first kappa shape index (κ1) is 20.9. The molecule has 0 N–H and O–H groups in total. The molecule has 148 valence electrons. The fourth-order valence-electron chi connectivity index (χ4n) is 2.93. The molecule has 8 heteroatoms. The van der Waals surface area contributed by atoms with Gasteiger partial charge in [0, 0.05) is 18.2 Å². The second-order valence-electron chi connectivity index (χ2n) is 6.23. The molecule has 1 aliphatic rings. The summed E-state index contributed by atoms with van der Waals surface area (Å²) >= 11 is 12.3. The molecule has 0 aliphatic carbocycles. The quantitative estimate of drug-likeness (QED) is 0.515. The van der Waals surface area contributed by atoms with Gasteiger partial charge in [-0.1, -0.05) is 29.3 Å². The summed E-state index contributed by atoms with van der Waals surface area (Å²) in [7, 11) is 1.47. The van der Waals surface area contributed by atoms with E-state index in [0.717, 1.165) is 4.90 Å². The molecule has 2 heterocycles. The zero-order valence-corrected chi connectivity index (χ0v) is 17.2. The number of ether oxygens (including phenoxy) is 1. The highest BCUT2D eigenvalue weighted by atomic mass is 35.5. The lowest BCUT2D eigenvalue weighted by Gasteiger charge is -2.26. The van der Waals surface area contributed by atoms with E-state index in [1.165, 1.54) is 13.2 Å². The summed E-state index contributed by atoms with van der Waals surface area (Å²) in [6, 6.07) is 10.4. The molecule has 3 rings (SSSR count). The summed E-state index contributed by atoms with van der Waals surface area (Å²) in [5.41, 5.74) is 1.03.